The lowest BCUT2D eigenvalue weighted by Crippen LogP contribution is -2.36. The third-order valence-electron chi connectivity index (χ3n) is 4.31. The lowest BCUT2D eigenvalue weighted by Gasteiger charge is -2.28. The average Bonchev–Trinajstić information content (AvgIpc) is 3.21. The van der Waals surface area contributed by atoms with Crippen molar-refractivity contribution in [3.8, 4) is 0 Å². The van der Waals surface area contributed by atoms with E-state index >= 15 is 0 Å². The van der Waals surface area contributed by atoms with Crippen LogP contribution >= 0.6 is 22.9 Å². The molecule has 0 radical (unpaired) electrons. The van der Waals surface area contributed by atoms with Crippen molar-refractivity contribution in [2.75, 3.05) is 11.4 Å². The minimum Gasteiger partial charge on any atom is -0.345 e. The van der Waals surface area contributed by atoms with Crippen molar-refractivity contribution in [3.63, 3.8) is 0 Å². The molecule has 1 aliphatic heterocycles. The molecule has 27 heavy (non-hydrogen) atoms. The second-order valence-corrected chi connectivity index (χ2v) is 7.59. The number of hydrogen-bond donors (Lipinski definition) is 0. The Morgan fingerprint density at radius 2 is 1.96 bits per heavy atom. The molecule has 12 heteroatoms. The molecule has 0 saturated carbocycles. The lowest BCUT2D eigenvalue weighted by atomic mass is 10.3. The first-order valence-corrected chi connectivity index (χ1v) is 9.63. The summed E-state index contributed by atoms with van der Waals surface area (Å²) in [5, 5.41) is 8.05. The van der Waals surface area contributed by atoms with Crippen LogP contribution in [-0.4, -0.2) is 36.3 Å². The predicted octanol–water partition coefficient (Wildman–Crippen LogP) is 3.71. The fourth-order valence-electron chi connectivity index (χ4n) is 3.03. The van der Waals surface area contributed by atoms with Crippen molar-refractivity contribution < 1.29 is 13.2 Å². The highest BCUT2D eigenvalue weighted by Crippen LogP contribution is 2.33. The Kier molecular flexibility index (Phi) is 4.66. The normalized spacial score (nSPS) is 14.8. The zero-order valence-corrected chi connectivity index (χ0v) is 15.9. The number of unbranched alkanes of at least 4 members (excludes halogenated alkanes) is 1. The van der Waals surface area contributed by atoms with Crippen LogP contribution in [0.1, 0.15) is 36.4 Å². The zero-order valence-electron chi connectivity index (χ0n) is 14.3. The van der Waals surface area contributed by atoms with Crippen molar-refractivity contribution in [2.45, 2.75) is 45.5 Å². The van der Waals surface area contributed by atoms with E-state index < -0.39 is 12.0 Å². The monoisotopic (exact) mass is 417 g/mol. The van der Waals surface area contributed by atoms with E-state index in [-0.39, 0.29) is 24.2 Å². The van der Waals surface area contributed by atoms with Gasteiger partial charge in [-0.1, -0.05) is 24.7 Å². The topological polar surface area (TPSA) is 72.6 Å². The number of fused-ring (bicyclic) bond motifs is 2. The largest absolute Gasteiger partial charge is 0.451 e. The molecule has 0 spiro atoms. The van der Waals surface area contributed by atoms with Gasteiger partial charge >= 0.3 is 6.18 Å². The molecule has 3 aromatic heterocycles. The van der Waals surface area contributed by atoms with Gasteiger partial charge in [0.2, 0.25) is 11.1 Å². The number of alkyl halides is 3. The van der Waals surface area contributed by atoms with Crippen molar-refractivity contribution in [1.82, 2.24) is 29.7 Å². The highest BCUT2D eigenvalue weighted by Gasteiger charge is 2.39. The second kappa shape index (κ2) is 6.86. The van der Waals surface area contributed by atoms with Crippen LogP contribution in [0.2, 0.25) is 5.28 Å². The number of thiazole rings is 1. The Labute approximate surface area is 161 Å². The number of aromatic nitrogens is 6. The number of anilines is 1. The van der Waals surface area contributed by atoms with E-state index in [0.29, 0.717) is 22.7 Å². The number of rotatable bonds is 4. The van der Waals surface area contributed by atoms with E-state index in [9.17, 15) is 13.2 Å². The highest BCUT2D eigenvalue weighted by atomic mass is 35.5. The minimum absolute atomic E-state index is 0.0891. The van der Waals surface area contributed by atoms with Crippen LogP contribution in [0, 0.1) is 0 Å². The summed E-state index contributed by atoms with van der Waals surface area (Å²) in [5.74, 6) is -0.219. The van der Waals surface area contributed by atoms with E-state index in [2.05, 4.69) is 32.1 Å². The number of aryl methyl sites for hydroxylation is 1. The van der Waals surface area contributed by atoms with E-state index in [1.165, 1.54) is 11.3 Å². The molecule has 4 heterocycles. The summed E-state index contributed by atoms with van der Waals surface area (Å²) in [7, 11) is 0. The lowest BCUT2D eigenvalue weighted by molar-refractivity contribution is -0.147. The molecule has 1 aliphatic rings. The molecule has 0 N–H and O–H groups in total. The fraction of sp³-hybridized carbons (Fsp3) is 0.533. The van der Waals surface area contributed by atoms with Crippen LogP contribution in [-0.2, 0) is 25.7 Å². The van der Waals surface area contributed by atoms with E-state index in [0.717, 1.165) is 28.8 Å². The van der Waals surface area contributed by atoms with Gasteiger partial charge in [0, 0.05) is 13.1 Å². The molecule has 4 rings (SSSR count). The maximum Gasteiger partial charge on any atom is 0.451 e. The van der Waals surface area contributed by atoms with E-state index in [1.54, 1.807) is 0 Å². The Balaban J connectivity index is 1.69. The molecule has 7 nitrogen and oxygen atoms in total. The molecule has 0 saturated heterocycles. The Morgan fingerprint density at radius 3 is 2.70 bits per heavy atom. The van der Waals surface area contributed by atoms with Gasteiger partial charge in [-0.05, 0) is 24.4 Å². The van der Waals surface area contributed by atoms with Gasteiger partial charge in [-0.3, -0.25) is 0 Å². The third kappa shape index (κ3) is 3.45. The predicted molar refractivity (Wildman–Crippen MR) is 94.9 cm³/mol. The number of halogens is 4. The summed E-state index contributed by atoms with van der Waals surface area (Å²) in [4.78, 5) is 15.7. The maximum absolute atomic E-state index is 13.0. The fourth-order valence-corrected chi connectivity index (χ4v) is 4.22. The third-order valence-corrected chi connectivity index (χ3v) is 5.49. The van der Waals surface area contributed by atoms with Gasteiger partial charge in [-0.25, -0.2) is 9.97 Å². The molecule has 0 atom stereocenters. The molecule has 0 amide bonds. The first kappa shape index (κ1) is 18.4. The summed E-state index contributed by atoms with van der Waals surface area (Å²) < 4.78 is 40.1. The second-order valence-electron chi connectivity index (χ2n) is 6.19. The SMILES string of the molecule is CCCCc1nc2c(N3CCn4c(nnc4C(F)(F)F)C3)nc(Cl)nc2s1. The highest BCUT2D eigenvalue weighted by molar-refractivity contribution is 7.18. The molecular weight excluding hydrogens is 403 g/mol. The number of nitrogens with zero attached hydrogens (tertiary/aromatic N) is 7. The summed E-state index contributed by atoms with van der Waals surface area (Å²) in [6, 6.07) is 0. The van der Waals surface area contributed by atoms with E-state index in [4.69, 9.17) is 11.6 Å². The van der Waals surface area contributed by atoms with Crippen molar-refractivity contribution in [2.24, 2.45) is 0 Å². The van der Waals surface area contributed by atoms with Gasteiger partial charge in [-0.2, -0.15) is 18.2 Å². The summed E-state index contributed by atoms with van der Waals surface area (Å²) in [6.45, 7) is 2.67. The Morgan fingerprint density at radius 1 is 1.15 bits per heavy atom. The Bertz CT molecular complexity index is 984. The van der Waals surface area contributed by atoms with Gasteiger partial charge < -0.3 is 9.47 Å². The molecular formula is C15H15ClF3N7S. The van der Waals surface area contributed by atoms with E-state index in [1.807, 2.05) is 4.90 Å². The molecule has 0 aliphatic carbocycles. The summed E-state index contributed by atoms with van der Waals surface area (Å²) >= 11 is 7.54. The first-order chi connectivity index (χ1) is 12.9. The Hall–Kier alpha value is -2.01. The van der Waals surface area contributed by atoms with Gasteiger partial charge in [0.15, 0.2) is 16.5 Å². The molecule has 0 bridgehead atoms. The van der Waals surface area contributed by atoms with Crippen LogP contribution in [0.3, 0.4) is 0 Å². The molecule has 0 fully saturated rings. The standard InChI is InChI=1S/C15H15ClF3N7S/c1-2-3-4-9-20-10-11(21-14(16)22-12(10)27-9)25-5-6-26-8(7-25)23-24-13(26)15(17,18)19/h2-7H2,1H3. The van der Waals surface area contributed by atoms with Crippen molar-refractivity contribution >= 4 is 39.1 Å². The quantitative estimate of drug-likeness (QED) is 0.602. The average molecular weight is 418 g/mol. The molecule has 3 aromatic rings. The van der Waals surface area contributed by atoms with Crippen molar-refractivity contribution in [3.05, 3.63) is 21.9 Å². The smallest absolute Gasteiger partial charge is 0.345 e. The van der Waals surface area contributed by atoms with Gasteiger partial charge in [0.25, 0.3) is 0 Å². The zero-order chi connectivity index (χ0) is 19.2. The molecule has 0 aromatic carbocycles. The van der Waals surface area contributed by atoms with Crippen molar-refractivity contribution in [1.29, 1.82) is 0 Å². The number of hydrogen-bond acceptors (Lipinski definition) is 7. The molecule has 0 unspecified atom stereocenters. The maximum atomic E-state index is 13.0. The summed E-state index contributed by atoms with van der Waals surface area (Å²) in [6.07, 6.45) is -1.61. The first-order valence-electron chi connectivity index (χ1n) is 8.44. The van der Waals surface area contributed by atoms with Gasteiger partial charge in [0.1, 0.15) is 5.52 Å². The van der Waals surface area contributed by atoms with Crippen LogP contribution in [0.25, 0.3) is 10.3 Å². The van der Waals surface area contributed by atoms with Crippen LogP contribution in [0.15, 0.2) is 0 Å². The summed E-state index contributed by atoms with van der Waals surface area (Å²) in [5.41, 5.74) is 0.625. The van der Waals surface area contributed by atoms with Gasteiger partial charge in [-0.15, -0.1) is 10.2 Å². The van der Waals surface area contributed by atoms with Gasteiger partial charge in [0.05, 0.1) is 11.6 Å². The van der Waals surface area contributed by atoms with Crippen LogP contribution in [0.4, 0.5) is 19.0 Å². The van der Waals surface area contributed by atoms with Crippen LogP contribution in [0.5, 0.6) is 0 Å². The van der Waals surface area contributed by atoms with Crippen LogP contribution < -0.4 is 4.90 Å². The minimum atomic E-state index is -4.53. The molecule has 144 valence electrons.